The third-order valence-corrected chi connectivity index (χ3v) is 7.50. The van der Waals surface area contributed by atoms with Crippen LogP contribution in [0.25, 0.3) is 0 Å². The average Bonchev–Trinajstić information content (AvgIpc) is 3.24. The number of nitrogens with zero attached hydrogens (tertiary/aromatic N) is 2. The molecule has 32 heavy (non-hydrogen) atoms. The summed E-state index contributed by atoms with van der Waals surface area (Å²) in [5.41, 5.74) is 3.66. The minimum Gasteiger partial charge on any atom is -0.504 e. The second-order valence-electron chi connectivity index (χ2n) is 9.33. The fourth-order valence-electron chi connectivity index (χ4n) is 5.74. The number of amidine groups is 1. The average molecular weight is 436 g/mol. The molecule has 2 aliphatic heterocycles. The van der Waals surface area contributed by atoms with Crippen molar-refractivity contribution in [1.29, 1.82) is 0 Å². The van der Waals surface area contributed by atoms with Gasteiger partial charge >= 0.3 is 0 Å². The van der Waals surface area contributed by atoms with E-state index in [2.05, 4.69) is 28.4 Å². The minimum atomic E-state index is -0.0219. The smallest absolute Gasteiger partial charge is 0.157 e. The number of benzene rings is 2. The lowest BCUT2D eigenvalue weighted by Crippen LogP contribution is -2.35. The van der Waals surface area contributed by atoms with Crippen LogP contribution in [0.4, 0.5) is 0 Å². The number of nitrogens with one attached hydrogen (secondary N) is 1. The van der Waals surface area contributed by atoms with E-state index in [1.54, 1.807) is 19.2 Å². The summed E-state index contributed by atoms with van der Waals surface area (Å²) in [5, 5.41) is 23.4. The summed E-state index contributed by atoms with van der Waals surface area (Å²) in [6.45, 7) is 4.00. The Kier molecular flexibility index (Phi) is 5.96. The van der Waals surface area contributed by atoms with Crippen molar-refractivity contribution in [1.82, 2.24) is 10.2 Å². The number of rotatable bonds is 5. The van der Waals surface area contributed by atoms with Crippen LogP contribution in [0.3, 0.4) is 0 Å². The molecule has 3 aliphatic rings. The maximum absolute atomic E-state index is 9.95. The van der Waals surface area contributed by atoms with Gasteiger partial charge in [-0.15, -0.1) is 0 Å². The fourth-order valence-corrected chi connectivity index (χ4v) is 5.74. The van der Waals surface area contributed by atoms with Crippen LogP contribution in [0, 0.1) is 0 Å². The first-order valence-electron chi connectivity index (χ1n) is 11.8. The first-order valence-corrected chi connectivity index (χ1v) is 11.8. The first-order chi connectivity index (χ1) is 15.6. The number of aryl methyl sites for hydroxylation is 1. The molecule has 6 heteroatoms. The molecule has 1 aliphatic carbocycles. The van der Waals surface area contributed by atoms with Crippen molar-refractivity contribution in [2.45, 2.75) is 50.0 Å². The second kappa shape index (κ2) is 9.02. The number of aromatic hydroxyl groups is 2. The van der Waals surface area contributed by atoms with Crippen LogP contribution in [0.1, 0.15) is 54.2 Å². The van der Waals surface area contributed by atoms with Gasteiger partial charge in [-0.05, 0) is 79.6 Å². The summed E-state index contributed by atoms with van der Waals surface area (Å²) in [6, 6.07) is 12.3. The molecule has 2 unspecified atom stereocenters. The number of fused-ring (bicyclic) bond motifs is 3. The molecule has 2 atom stereocenters. The Bertz CT molecular complexity index is 998. The highest BCUT2D eigenvalue weighted by molar-refractivity contribution is 5.86. The van der Waals surface area contributed by atoms with Crippen LogP contribution in [-0.4, -0.2) is 60.3 Å². The standard InChI is InChI=1S/C26H33N3O3/c1-32-25-5-3-2-4-19(25)17-8-11-29(12-9-17)13-10-27-26-16-21-20-15-24(31)23(30)14-18(20)6-7-22(21)28-26/h2-5,14-15,17,21-22,30-31H,6-13,16H2,1H3,(H,27,28). The van der Waals surface area contributed by atoms with Gasteiger partial charge in [0.15, 0.2) is 11.5 Å². The Labute approximate surface area is 189 Å². The fraction of sp³-hybridized carbons (Fsp3) is 0.500. The molecule has 0 radical (unpaired) electrons. The van der Waals surface area contributed by atoms with E-state index < -0.39 is 0 Å². The maximum Gasteiger partial charge on any atom is 0.157 e. The van der Waals surface area contributed by atoms with E-state index in [1.165, 1.54) is 5.56 Å². The zero-order valence-corrected chi connectivity index (χ0v) is 18.8. The number of para-hydroxylation sites is 1. The molecule has 0 amide bonds. The number of likely N-dealkylation sites (tertiary alicyclic amines) is 1. The lowest BCUT2D eigenvalue weighted by atomic mass is 9.79. The number of hydrogen-bond donors (Lipinski definition) is 3. The third-order valence-electron chi connectivity index (χ3n) is 7.50. The van der Waals surface area contributed by atoms with Gasteiger partial charge in [-0.2, -0.15) is 0 Å². The number of hydrogen-bond acceptors (Lipinski definition) is 5. The van der Waals surface area contributed by atoms with Crippen molar-refractivity contribution in [3.63, 3.8) is 0 Å². The van der Waals surface area contributed by atoms with E-state index in [0.29, 0.717) is 17.9 Å². The van der Waals surface area contributed by atoms with Gasteiger partial charge in [-0.1, -0.05) is 18.2 Å². The molecule has 170 valence electrons. The van der Waals surface area contributed by atoms with Crippen LogP contribution in [0.2, 0.25) is 0 Å². The van der Waals surface area contributed by atoms with Gasteiger partial charge < -0.3 is 25.2 Å². The van der Waals surface area contributed by atoms with Crippen molar-refractivity contribution < 1.29 is 14.9 Å². The summed E-state index contributed by atoms with van der Waals surface area (Å²) in [7, 11) is 1.76. The minimum absolute atomic E-state index is 0.0171. The molecule has 0 bridgehead atoms. The van der Waals surface area contributed by atoms with Gasteiger partial charge in [0.1, 0.15) is 5.75 Å². The number of methoxy groups -OCH3 is 1. The number of ether oxygens (including phenoxy) is 1. The van der Waals surface area contributed by atoms with Crippen molar-refractivity contribution in [2.75, 3.05) is 33.3 Å². The van der Waals surface area contributed by atoms with E-state index >= 15 is 0 Å². The summed E-state index contributed by atoms with van der Waals surface area (Å²) >= 11 is 0. The maximum atomic E-state index is 9.95. The summed E-state index contributed by atoms with van der Waals surface area (Å²) < 4.78 is 5.56. The number of phenols is 2. The van der Waals surface area contributed by atoms with Crippen LogP contribution >= 0.6 is 0 Å². The molecule has 2 heterocycles. The largest absolute Gasteiger partial charge is 0.504 e. The van der Waals surface area contributed by atoms with Crippen molar-refractivity contribution in [2.24, 2.45) is 4.99 Å². The highest BCUT2D eigenvalue weighted by Gasteiger charge is 2.36. The van der Waals surface area contributed by atoms with Gasteiger partial charge in [-0.3, -0.25) is 4.99 Å². The molecule has 0 spiro atoms. The molecule has 6 nitrogen and oxygen atoms in total. The van der Waals surface area contributed by atoms with Gasteiger partial charge in [0.25, 0.3) is 0 Å². The van der Waals surface area contributed by atoms with E-state index in [-0.39, 0.29) is 11.5 Å². The van der Waals surface area contributed by atoms with Crippen molar-refractivity contribution in [3.8, 4) is 17.2 Å². The van der Waals surface area contributed by atoms with E-state index in [1.807, 2.05) is 6.07 Å². The lowest BCUT2D eigenvalue weighted by Gasteiger charge is -2.32. The Morgan fingerprint density at radius 2 is 1.84 bits per heavy atom. The van der Waals surface area contributed by atoms with Gasteiger partial charge in [0, 0.05) is 24.9 Å². The highest BCUT2D eigenvalue weighted by Crippen LogP contribution is 2.42. The second-order valence-corrected chi connectivity index (χ2v) is 9.33. The van der Waals surface area contributed by atoms with Crippen LogP contribution in [0.15, 0.2) is 41.4 Å². The molecule has 0 saturated carbocycles. The van der Waals surface area contributed by atoms with Crippen LogP contribution < -0.4 is 10.1 Å². The Morgan fingerprint density at radius 3 is 2.66 bits per heavy atom. The predicted octanol–water partition coefficient (Wildman–Crippen LogP) is 3.78. The lowest BCUT2D eigenvalue weighted by molar-refractivity contribution is 0.216. The quantitative estimate of drug-likeness (QED) is 0.623. The number of phenolic OH excluding ortho intramolecular Hbond substituents is 2. The summed E-state index contributed by atoms with van der Waals surface area (Å²) in [6.07, 6.45) is 5.17. The third kappa shape index (κ3) is 4.16. The van der Waals surface area contributed by atoms with Gasteiger partial charge in [0.2, 0.25) is 0 Å². The molecular formula is C26H33N3O3. The molecular weight excluding hydrogens is 402 g/mol. The summed E-state index contributed by atoms with van der Waals surface area (Å²) in [4.78, 5) is 7.41. The van der Waals surface area contributed by atoms with E-state index in [4.69, 9.17) is 9.73 Å². The van der Waals surface area contributed by atoms with Gasteiger partial charge in [0.05, 0.1) is 19.5 Å². The normalized spacial score (nSPS) is 24.7. The van der Waals surface area contributed by atoms with Crippen molar-refractivity contribution >= 4 is 5.84 Å². The SMILES string of the molecule is COc1ccccc1C1CCN(CCN=C2CC3c4cc(O)c(O)cc4CCC3N2)CC1. The van der Waals surface area contributed by atoms with E-state index in [0.717, 1.165) is 81.0 Å². The molecule has 2 aromatic carbocycles. The highest BCUT2D eigenvalue weighted by atomic mass is 16.5. The van der Waals surface area contributed by atoms with Crippen LogP contribution in [0.5, 0.6) is 17.2 Å². The molecule has 0 aromatic heterocycles. The molecule has 3 N–H and O–H groups in total. The molecule has 2 aromatic rings. The topological polar surface area (TPSA) is 77.3 Å². The number of piperidine rings is 1. The molecule has 5 rings (SSSR count). The Hall–Kier alpha value is -2.73. The molecule has 2 saturated heterocycles. The zero-order chi connectivity index (χ0) is 22.1. The zero-order valence-electron chi connectivity index (χ0n) is 18.8. The first kappa shape index (κ1) is 21.1. The summed E-state index contributed by atoms with van der Waals surface area (Å²) in [5.74, 6) is 2.97. The molecule has 2 fully saturated rings. The van der Waals surface area contributed by atoms with Gasteiger partial charge in [-0.25, -0.2) is 0 Å². The van der Waals surface area contributed by atoms with Crippen LogP contribution in [-0.2, 0) is 6.42 Å². The number of aliphatic imine (C=N–C) groups is 1. The van der Waals surface area contributed by atoms with Crippen molar-refractivity contribution in [3.05, 3.63) is 53.1 Å². The monoisotopic (exact) mass is 435 g/mol. The Morgan fingerprint density at radius 1 is 1.06 bits per heavy atom. The predicted molar refractivity (Wildman–Crippen MR) is 126 cm³/mol. The Balaban J connectivity index is 1.14. The van der Waals surface area contributed by atoms with E-state index in [9.17, 15) is 10.2 Å².